The maximum Gasteiger partial charge on any atom is 0.244 e. The Morgan fingerprint density at radius 1 is 1.19 bits per heavy atom. The first-order valence-corrected chi connectivity index (χ1v) is 10.3. The fraction of sp³-hybridized carbons (Fsp3) is 0.316. The minimum atomic E-state index is -3.87. The molecule has 0 radical (unpaired) electrons. The van der Waals surface area contributed by atoms with Crippen molar-refractivity contribution >= 4 is 21.6 Å². The first kappa shape index (κ1) is 20.7. The lowest BCUT2D eigenvalue weighted by atomic mass is 10.1. The second kappa shape index (κ2) is 8.85. The maximum atomic E-state index is 14.2. The minimum absolute atomic E-state index is 0.147. The van der Waals surface area contributed by atoms with Crippen molar-refractivity contribution in [2.45, 2.75) is 25.9 Å². The van der Waals surface area contributed by atoms with Crippen molar-refractivity contribution in [3.63, 3.8) is 0 Å². The lowest BCUT2D eigenvalue weighted by Crippen LogP contribution is -2.49. The van der Waals surface area contributed by atoms with E-state index in [4.69, 9.17) is 4.74 Å². The first-order valence-electron chi connectivity index (χ1n) is 8.42. The van der Waals surface area contributed by atoms with Crippen molar-refractivity contribution in [1.29, 1.82) is 0 Å². The molecule has 6 nitrogen and oxygen atoms in total. The van der Waals surface area contributed by atoms with E-state index in [1.807, 2.05) is 0 Å². The van der Waals surface area contributed by atoms with Gasteiger partial charge in [0.1, 0.15) is 17.6 Å². The number of ether oxygens (including phenoxy) is 1. The smallest absolute Gasteiger partial charge is 0.244 e. The average Bonchev–Trinajstić information content (AvgIpc) is 2.64. The van der Waals surface area contributed by atoms with Gasteiger partial charge in [0.15, 0.2) is 0 Å². The Kier molecular flexibility index (Phi) is 6.79. The van der Waals surface area contributed by atoms with E-state index in [9.17, 15) is 17.6 Å². The Balaban J connectivity index is 2.22. The highest BCUT2D eigenvalue weighted by Gasteiger charge is 2.32. The van der Waals surface area contributed by atoms with Gasteiger partial charge in [-0.3, -0.25) is 9.10 Å². The fourth-order valence-corrected chi connectivity index (χ4v) is 3.93. The van der Waals surface area contributed by atoms with Gasteiger partial charge in [-0.15, -0.1) is 0 Å². The van der Waals surface area contributed by atoms with Crippen LogP contribution in [0.25, 0.3) is 0 Å². The molecular weight excluding hydrogens is 371 g/mol. The SMILES string of the molecule is CC[C@H](C(=O)NCc1ccc(OC)cc1)N(c1ccccc1F)S(C)(=O)=O. The molecule has 8 heteroatoms. The molecule has 0 spiro atoms. The Bertz CT molecular complexity index is 885. The predicted octanol–water partition coefficient (Wildman–Crippen LogP) is 2.70. The van der Waals surface area contributed by atoms with Crippen LogP contribution >= 0.6 is 0 Å². The van der Waals surface area contributed by atoms with E-state index < -0.39 is 27.8 Å². The molecule has 2 aromatic rings. The zero-order chi connectivity index (χ0) is 20.0. The van der Waals surface area contributed by atoms with Gasteiger partial charge in [-0.2, -0.15) is 0 Å². The molecule has 2 aromatic carbocycles. The number of halogens is 1. The molecule has 146 valence electrons. The normalized spacial score (nSPS) is 12.3. The van der Waals surface area contributed by atoms with Crippen molar-refractivity contribution in [2.24, 2.45) is 0 Å². The molecule has 0 saturated carbocycles. The fourth-order valence-electron chi connectivity index (χ4n) is 2.72. The lowest BCUT2D eigenvalue weighted by Gasteiger charge is -2.30. The summed E-state index contributed by atoms with van der Waals surface area (Å²) in [6.07, 6.45) is 1.15. The summed E-state index contributed by atoms with van der Waals surface area (Å²) in [6.45, 7) is 1.89. The predicted molar refractivity (Wildman–Crippen MR) is 103 cm³/mol. The molecule has 0 bridgehead atoms. The lowest BCUT2D eigenvalue weighted by molar-refractivity contribution is -0.122. The third kappa shape index (κ3) is 5.19. The maximum absolute atomic E-state index is 14.2. The topological polar surface area (TPSA) is 75.7 Å². The van der Waals surface area contributed by atoms with E-state index in [1.165, 1.54) is 18.2 Å². The van der Waals surface area contributed by atoms with Crippen LogP contribution in [0.5, 0.6) is 5.75 Å². The van der Waals surface area contributed by atoms with Crippen LogP contribution in [0.3, 0.4) is 0 Å². The molecule has 27 heavy (non-hydrogen) atoms. The largest absolute Gasteiger partial charge is 0.497 e. The third-order valence-electron chi connectivity index (χ3n) is 4.05. The molecule has 1 atom stereocenters. The molecule has 2 rings (SSSR count). The highest BCUT2D eigenvalue weighted by Crippen LogP contribution is 2.25. The number of rotatable bonds is 8. The standard InChI is InChI=1S/C19H23FN2O4S/c1-4-17(19(23)21-13-14-9-11-15(26-2)12-10-14)22(27(3,24)25)18-8-6-5-7-16(18)20/h5-12,17H,4,13H2,1-3H3,(H,21,23)/t17-/m1/s1. The van der Waals surface area contributed by atoms with Crippen LogP contribution in [0.15, 0.2) is 48.5 Å². The number of nitrogens with zero attached hydrogens (tertiary/aromatic N) is 1. The Hall–Kier alpha value is -2.61. The average molecular weight is 394 g/mol. The van der Waals surface area contributed by atoms with E-state index in [-0.39, 0.29) is 18.7 Å². The van der Waals surface area contributed by atoms with Gasteiger partial charge in [0.05, 0.1) is 19.1 Å². The minimum Gasteiger partial charge on any atom is -0.497 e. The van der Waals surface area contributed by atoms with Gasteiger partial charge in [0.25, 0.3) is 0 Å². The number of amides is 1. The van der Waals surface area contributed by atoms with Gasteiger partial charge in [0, 0.05) is 6.54 Å². The zero-order valence-corrected chi connectivity index (χ0v) is 16.3. The van der Waals surface area contributed by atoms with Crippen LogP contribution in [0.4, 0.5) is 10.1 Å². The van der Waals surface area contributed by atoms with Gasteiger partial charge in [-0.1, -0.05) is 31.2 Å². The molecule has 1 amide bonds. The molecular formula is C19H23FN2O4S. The van der Waals surface area contributed by atoms with E-state index in [0.29, 0.717) is 5.75 Å². The molecule has 0 fully saturated rings. The summed E-state index contributed by atoms with van der Waals surface area (Å²) in [5.74, 6) is -0.509. The Labute approximate surface area is 159 Å². The Morgan fingerprint density at radius 3 is 2.33 bits per heavy atom. The summed E-state index contributed by atoms with van der Waals surface area (Å²) in [6, 6.07) is 11.6. The van der Waals surface area contributed by atoms with Crippen LogP contribution in [0.2, 0.25) is 0 Å². The van der Waals surface area contributed by atoms with E-state index >= 15 is 0 Å². The van der Waals surface area contributed by atoms with Crippen LogP contribution < -0.4 is 14.4 Å². The number of benzene rings is 2. The number of hydrogen-bond acceptors (Lipinski definition) is 4. The molecule has 0 aliphatic heterocycles. The van der Waals surface area contributed by atoms with Gasteiger partial charge in [0.2, 0.25) is 15.9 Å². The molecule has 0 heterocycles. The summed E-state index contributed by atoms with van der Waals surface area (Å²) in [4.78, 5) is 12.7. The Morgan fingerprint density at radius 2 is 1.81 bits per heavy atom. The van der Waals surface area contributed by atoms with Gasteiger partial charge in [-0.05, 0) is 36.2 Å². The van der Waals surface area contributed by atoms with Crippen molar-refractivity contribution in [3.8, 4) is 5.75 Å². The highest BCUT2D eigenvalue weighted by atomic mass is 32.2. The van der Waals surface area contributed by atoms with Crippen molar-refractivity contribution in [3.05, 3.63) is 59.9 Å². The summed E-state index contributed by atoms with van der Waals surface area (Å²) in [5.41, 5.74) is 0.683. The van der Waals surface area contributed by atoms with E-state index in [1.54, 1.807) is 38.3 Å². The number of carbonyl (C=O) groups excluding carboxylic acids is 1. The first-order chi connectivity index (χ1) is 12.8. The summed E-state index contributed by atoms with van der Waals surface area (Å²) in [5, 5.41) is 2.72. The number of nitrogens with one attached hydrogen (secondary N) is 1. The number of hydrogen-bond donors (Lipinski definition) is 1. The summed E-state index contributed by atoms with van der Waals surface area (Å²) >= 11 is 0. The number of para-hydroxylation sites is 1. The van der Waals surface area contributed by atoms with E-state index in [0.717, 1.165) is 22.2 Å². The molecule has 0 aliphatic carbocycles. The zero-order valence-electron chi connectivity index (χ0n) is 15.5. The molecule has 0 aromatic heterocycles. The van der Waals surface area contributed by atoms with Crippen LogP contribution in [-0.4, -0.2) is 33.7 Å². The van der Waals surface area contributed by atoms with Crippen LogP contribution in [-0.2, 0) is 21.4 Å². The number of anilines is 1. The van der Waals surface area contributed by atoms with E-state index in [2.05, 4.69) is 5.32 Å². The third-order valence-corrected chi connectivity index (χ3v) is 5.21. The molecule has 1 N–H and O–H groups in total. The van der Waals surface area contributed by atoms with Crippen molar-refractivity contribution in [1.82, 2.24) is 5.32 Å². The number of carbonyl (C=O) groups is 1. The second-order valence-corrected chi connectivity index (χ2v) is 7.86. The quantitative estimate of drug-likeness (QED) is 0.747. The monoisotopic (exact) mass is 394 g/mol. The molecule has 0 unspecified atom stereocenters. The second-order valence-electron chi connectivity index (χ2n) is 6.00. The number of methoxy groups -OCH3 is 1. The summed E-state index contributed by atoms with van der Waals surface area (Å²) in [7, 11) is -2.31. The van der Waals surface area contributed by atoms with Gasteiger partial charge in [-0.25, -0.2) is 12.8 Å². The van der Waals surface area contributed by atoms with Gasteiger partial charge < -0.3 is 10.1 Å². The highest BCUT2D eigenvalue weighted by molar-refractivity contribution is 7.92. The van der Waals surface area contributed by atoms with Crippen LogP contribution in [0, 0.1) is 5.82 Å². The van der Waals surface area contributed by atoms with Crippen LogP contribution in [0.1, 0.15) is 18.9 Å². The summed E-state index contributed by atoms with van der Waals surface area (Å²) < 4.78 is 44.7. The van der Waals surface area contributed by atoms with Gasteiger partial charge >= 0.3 is 0 Å². The van der Waals surface area contributed by atoms with Crippen molar-refractivity contribution in [2.75, 3.05) is 17.7 Å². The number of sulfonamides is 1. The van der Waals surface area contributed by atoms with Crippen molar-refractivity contribution < 1.29 is 22.3 Å². The molecule has 0 saturated heterocycles. The molecule has 0 aliphatic rings.